The molecule has 0 aromatic heterocycles. The van der Waals surface area contributed by atoms with Gasteiger partial charge in [-0.05, 0) is 13.8 Å². The Morgan fingerprint density at radius 1 is 1.18 bits per heavy atom. The molecule has 0 heterocycles. The molecule has 6 heteroatoms. The summed E-state index contributed by atoms with van der Waals surface area (Å²) in [5.41, 5.74) is 0.157. The molecule has 0 radical (unpaired) electrons. The zero-order chi connectivity index (χ0) is 13.6. The van der Waals surface area contributed by atoms with Gasteiger partial charge in [-0.3, -0.25) is 9.59 Å². The number of amides is 1. The molecule has 0 aromatic rings. The summed E-state index contributed by atoms with van der Waals surface area (Å²) in [6.07, 6.45) is 0.0815. The van der Waals surface area contributed by atoms with Crippen LogP contribution in [0.1, 0.15) is 20.3 Å². The molecule has 0 saturated heterocycles. The first kappa shape index (κ1) is 15.2. The zero-order valence-corrected chi connectivity index (χ0v) is 10.4. The van der Waals surface area contributed by atoms with E-state index in [1.165, 1.54) is 32.9 Å². The van der Waals surface area contributed by atoms with Gasteiger partial charge in [-0.1, -0.05) is 0 Å². The minimum Gasteiger partial charge on any atom is -0.478 e. The van der Waals surface area contributed by atoms with Crippen molar-refractivity contribution in [3.05, 3.63) is 11.1 Å². The number of carbonyl (C=O) groups is 3. The van der Waals surface area contributed by atoms with Crippen molar-refractivity contribution in [3.63, 3.8) is 0 Å². The number of carboxylic acid groups (broad SMARTS) is 1. The van der Waals surface area contributed by atoms with Gasteiger partial charge in [0.1, 0.15) is 0 Å². The smallest absolute Gasteiger partial charge is 0.331 e. The van der Waals surface area contributed by atoms with Crippen LogP contribution in [0.25, 0.3) is 0 Å². The van der Waals surface area contributed by atoms with Gasteiger partial charge in [0.25, 0.3) is 0 Å². The van der Waals surface area contributed by atoms with Crippen molar-refractivity contribution < 1.29 is 24.2 Å². The van der Waals surface area contributed by atoms with Crippen molar-refractivity contribution in [1.29, 1.82) is 0 Å². The summed E-state index contributed by atoms with van der Waals surface area (Å²) in [5, 5.41) is 8.74. The summed E-state index contributed by atoms with van der Waals surface area (Å²) in [7, 11) is 2.77. The zero-order valence-electron chi connectivity index (χ0n) is 10.4. The Bertz CT molecular complexity index is 359. The average Bonchev–Trinajstić information content (AvgIpc) is 2.32. The summed E-state index contributed by atoms with van der Waals surface area (Å²) in [6.45, 7) is 3.00. The third-order valence-corrected chi connectivity index (χ3v) is 2.43. The highest BCUT2D eigenvalue weighted by molar-refractivity contribution is 6.01. The van der Waals surface area contributed by atoms with Gasteiger partial charge >= 0.3 is 11.9 Å². The molecule has 0 spiro atoms. The van der Waals surface area contributed by atoms with Crippen LogP contribution in [0.4, 0.5) is 0 Å². The van der Waals surface area contributed by atoms with Gasteiger partial charge in [-0.15, -0.1) is 0 Å². The summed E-state index contributed by atoms with van der Waals surface area (Å²) in [4.78, 5) is 34.6. The Labute approximate surface area is 99.9 Å². The minimum atomic E-state index is -1.13. The van der Waals surface area contributed by atoms with Gasteiger partial charge in [0.2, 0.25) is 5.91 Å². The van der Waals surface area contributed by atoms with Crippen LogP contribution in [0, 0.1) is 0 Å². The number of ether oxygens (including phenoxy) is 1. The van der Waals surface area contributed by atoms with Gasteiger partial charge in [0.05, 0.1) is 13.5 Å². The molecule has 0 atom stereocenters. The molecule has 0 unspecified atom stereocenters. The van der Waals surface area contributed by atoms with Gasteiger partial charge in [-0.25, -0.2) is 4.79 Å². The first-order valence-corrected chi connectivity index (χ1v) is 5.04. The summed E-state index contributed by atoms with van der Waals surface area (Å²) in [6, 6.07) is 0. The third-order valence-electron chi connectivity index (χ3n) is 2.43. The van der Waals surface area contributed by atoms with Crippen LogP contribution in [0.2, 0.25) is 0 Å². The highest BCUT2D eigenvalue weighted by Crippen LogP contribution is 2.07. The predicted octanol–water partition coefficient (Wildman–Crippen LogP) is 0.429. The van der Waals surface area contributed by atoms with E-state index < -0.39 is 17.8 Å². The van der Waals surface area contributed by atoms with Crippen molar-refractivity contribution in [2.75, 3.05) is 20.7 Å². The lowest BCUT2D eigenvalue weighted by molar-refractivity contribution is -0.141. The minimum absolute atomic E-state index is 0.0000759. The fourth-order valence-corrected chi connectivity index (χ4v) is 1.07. The maximum Gasteiger partial charge on any atom is 0.331 e. The lowest BCUT2D eigenvalue weighted by Gasteiger charge is -2.17. The molecular formula is C11H17NO5. The number of hydrogen-bond donors (Lipinski definition) is 1. The molecule has 0 fully saturated rings. The van der Waals surface area contributed by atoms with E-state index >= 15 is 0 Å². The molecule has 0 aliphatic heterocycles. The number of aliphatic carboxylic acids is 1. The van der Waals surface area contributed by atoms with E-state index in [9.17, 15) is 14.4 Å². The first-order valence-electron chi connectivity index (χ1n) is 5.04. The summed E-state index contributed by atoms with van der Waals surface area (Å²) < 4.78 is 4.44. The molecule has 0 aliphatic carbocycles. The van der Waals surface area contributed by atoms with E-state index in [1.54, 1.807) is 0 Å². The molecular weight excluding hydrogens is 226 g/mol. The SMILES string of the molecule is COC(=O)CCN(C)C(=O)C(C)=C(C)C(=O)O. The molecule has 17 heavy (non-hydrogen) atoms. The number of likely N-dealkylation sites (N-methyl/N-ethyl adjacent to an activating group) is 1. The lowest BCUT2D eigenvalue weighted by Crippen LogP contribution is -2.30. The molecule has 96 valence electrons. The monoisotopic (exact) mass is 243 g/mol. The van der Waals surface area contributed by atoms with Crippen LogP contribution >= 0.6 is 0 Å². The largest absolute Gasteiger partial charge is 0.478 e. The van der Waals surface area contributed by atoms with Gasteiger partial charge in [0, 0.05) is 24.7 Å². The molecule has 6 nitrogen and oxygen atoms in total. The van der Waals surface area contributed by atoms with E-state index in [-0.39, 0.29) is 24.1 Å². The predicted molar refractivity (Wildman–Crippen MR) is 60.3 cm³/mol. The summed E-state index contributed by atoms with van der Waals surface area (Å²) in [5.74, 6) is -1.95. The second-order valence-electron chi connectivity index (χ2n) is 3.61. The van der Waals surface area contributed by atoms with Crippen molar-refractivity contribution in [2.24, 2.45) is 0 Å². The fraction of sp³-hybridized carbons (Fsp3) is 0.545. The molecule has 1 N–H and O–H groups in total. The van der Waals surface area contributed by atoms with E-state index in [0.29, 0.717) is 0 Å². The van der Waals surface area contributed by atoms with Crippen LogP contribution in [0.3, 0.4) is 0 Å². The molecule has 0 aromatic carbocycles. The maximum absolute atomic E-state index is 11.7. The first-order chi connectivity index (χ1) is 7.81. The number of nitrogens with zero attached hydrogens (tertiary/aromatic N) is 1. The van der Waals surface area contributed by atoms with Crippen LogP contribution in [0.15, 0.2) is 11.1 Å². The van der Waals surface area contributed by atoms with Crippen molar-refractivity contribution >= 4 is 17.8 Å². The number of carbonyl (C=O) groups excluding carboxylic acids is 2. The quantitative estimate of drug-likeness (QED) is 0.559. The maximum atomic E-state index is 11.7. The fourth-order valence-electron chi connectivity index (χ4n) is 1.07. The average molecular weight is 243 g/mol. The second kappa shape index (κ2) is 6.67. The van der Waals surface area contributed by atoms with Crippen molar-refractivity contribution in [2.45, 2.75) is 20.3 Å². The standard InChI is InChI=1S/C11H17NO5/c1-7(8(2)11(15)16)10(14)12(3)6-5-9(13)17-4/h5-6H2,1-4H3,(H,15,16). The Morgan fingerprint density at radius 3 is 2.12 bits per heavy atom. The number of methoxy groups -OCH3 is 1. The van der Waals surface area contributed by atoms with E-state index in [4.69, 9.17) is 5.11 Å². The summed E-state index contributed by atoms with van der Waals surface area (Å²) >= 11 is 0. The number of esters is 1. The molecule has 0 saturated carbocycles. The Morgan fingerprint density at radius 2 is 1.71 bits per heavy atom. The molecule has 0 aliphatic rings. The third kappa shape index (κ3) is 4.67. The van der Waals surface area contributed by atoms with Crippen LogP contribution in [0.5, 0.6) is 0 Å². The highest BCUT2D eigenvalue weighted by Gasteiger charge is 2.17. The van der Waals surface area contributed by atoms with Crippen LogP contribution in [-0.4, -0.2) is 48.6 Å². The second-order valence-corrected chi connectivity index (χ2v) is 3.61. The molecule has 1 amide bonds. The van der Waals surface area contributed by atoms with Crippen LogP contribution in [-0.2, 0) is 19.1 Å². The van der Waals surface area contributed by atoms with Gasteiger partial charge < -0.3 is 14.7 Å². The topological polar surface area (TPSA) is 83.9 Å². The molecule has 0 rings (SSSR count). The normalized spacial score (nSPS) is 11.5. The van der Waals surface area contributed by atoms with E-state index in [0.717, 1.165) is 0 Å². The number of hydrogen-bond acceptors (Lipinski definition) is 4. The van der Waals surface area contributed by atoms with E-state index in [1.807, 2.05) is 0 Å². The van der Waals surface area contributed by atoms with Crippen molar-refractivity contribution in [1.82, 2.24) is 4.90 Å². The van der Waals surface area contributed by atoms with Gasteiger partial charge in [-0.2, -0.15) is 0 Å². The van der Waals surface area contributed by atoms with Crippen molar-refractivity contribution in [3.8, 4) is 0 Å². The Kier molecular flexibility index (Phi) is 5.95. The Balaban J connectivity index is 4.56. The highest BCUT2D eigenvalue weighted by atomic mass is 16.5. The van der Waals surface area contributed by atoms with Crippen LogP contribution < -0.4 is 0 Å². The van der Waals surface area contributed by atoms with Gasteiger partial charge in [0.15, 0.2) is 0 Å². The number of carboxylic acids is 1. The molecule has 0 bridgehead atoms. The number of rotatable bonds is 5. The van der Waals surface area contributed by atoms with E-state index in [2.05, 4.69) is 4.74 Å². The lowest BCUT2D eigenvalue weighted by atomic mass is 10.1. The Hall–Kier alpha value is -1.85.